The second-order valence-corrected chi connectivity index (χ2v) is 1.79. The van der Waals surface area contributed by atoms with Gasteiger partial charge in [0.15, 0.2) is 0 Å². The molecule has 9 heavy (non-hydrogen) atoms. The number of hydrogen-bond acceptors (Lipinski definition) is 2. The molecule has 0 atom stereocenters. The predicted octanol–water partition coefficient (Wildman–Crippen LogP) is 0.848. The van der Waals surface area contributed by atoms with Crippen LogP contribution in [0.25, 0.3) is 0 Å². The minimum absolute atomic E-state index is 0.539. The molecule has 0 aliphatic heterocycles. The van der Waals surface area contributed by atoms with Crippen molar-refractivity contribution < 1.29 is 4.79 Å². The summed E-state index contributed by atoms with van der Waals surface area (Å²) in [7, 11) is 0. The molecule has 0 aliphatic rings. The van der Waals surface area contributed by atoms with Gasteiger partial charge in [-0.25, -0.2) is 0 Å². The summed E-state index contributed by atoms with van der Waals surface area (Å²) in [5.41, 5.74) is 1.46. The molecule has 1 aromatic heterocycles. The predicted molar refractivity (Wildman–Crippen MR) is 33.8 cm³/mol. The van der Waals surface area contributed by atoms with E-state index in [-0.39, 0.29) is 0 Å². The lowest BCUT2D eigenvalue weighted by Gasteiger charge is -1.90. The molecule has 0 saturated carbocycles. The summed E-state index contributed by atoms with van der Waals surface area (Å²) in [5.74, 6) is 0. The van der Waals surface area contributed by atoms with Gasteiger partial charge in [0.25, 0.3) is 0 Å². The molecule has 2 heteroatoms. The third-order valence-electron chi connectivity index (χ3n) is 1.15. The van der Waals surface area contributed by atoms with Gasteiger partial charge in [-0.15, -0.1) is 0 Å². The quantitative estimate of drug-likeness (QED) is 0.549. The van der Waals surface area contributed by atoms with E-state index < -0.39 is 0 Å². The molecule has 0 saturated heterocycles. The van der Waals surface area contributed by atoms with Crippen LogP contribution in [0, 0.1) is 6.92 Å². The normalized spacial score (nSPS) is 9.00. The Morgan fingerprint density at radius 2 is 2.44 bits per heavy atom. The van der Waals surface area contributed by atoms with Gasteiger partial charge in [0.1, 0.15) is 0 Å². The van der Waals surface area contributed by atoms with E-state index in [4.69, 9.17) is 0 Å². The summed E-state index contributed by atoms with van der Waals surface area (Å²) >= 11 is 0. The number of pyridine rings is 1. The molecule has 0 aromatic carbocycles. The standard InChI is InChI=1S/C7H6NO/c1-6-2-3-8-4-7(6)5-9/h2-4H,1H3. The third kappa shape index (κ3) is 1.13. The number of hydrogen-bond donors (Lipinski definition) is 0. The van der Waals surface area contributed by atoms with E-state index in [0.29, 0.717) is 5.56 Å². The number of aryl methyl sites for hydroxylation is 1. The van der Waals surface area contributed by atoms with Gasteiger partial charge < -0.3 is 0 Å². The minimum atomic E-state index is 0.539. The summed E-state index contributed by atoms with van der Waals surface area (Å²) in [6.07, 6.45) is 4.93. The molecule has 0 fully saturated rings. The Morgan fingerprint density at radius 1 is 1.67 bits per heavy atom. The molecule has 1 heterocycles. The lowest BCUT2D eigenvalue weighted by atomic mass is 10.2. The first kappa shape index (κ1) is 5.95. The Labute approximate surface area is 53.5 Å². The highest BCUT2D eigenvalue weighted by atomic mass is 16.1. The van der Waals surface area contributed by atoms with E-state index in [2.05, 4.69) is 4.98 Å². The lowest BCUT2D eigenvalue weighted by molar-refractivity contribution is 0.562. The number of carbonyl (C=O) groups excluding carboxylic acids is 1. The van der Waals surface area contributed by atoms with Gasteiger partial charge in [0.05, 0.1) is 0 Å². The van der Waals surface area contributed by atoms with Crippen molar-refractivity contribution in [1.82, 2.24) is 4.98 Å². The zero-order chi connectivity index (χ0) is 6.69. The van der Waals surface area contributed by atoms with Crippen molar-refractivity contribution >= 4 is 6.29 Å². The van der Waals surface area contributed by atoms with Crippen LogP contribution < -0.4 is 0 Å². The molecule has 0 aliphatic carbocycles. The Balaban J connectivity index is 3.15. The highest BCUT2D eigenvalue weighted by Crippen LogP contribution is 1.99. The van der Waals surface area contributed by atoms with Crippen LogP contribution in [0.15, 0.2) is 18.5 Å². The van der Waals surface area contributed by atoms with Crippen LogP contribution in [-0.2, 0) is 4.79 Å². The van der Waals surface area contributed by atoms with Crippen LogP contribution in [0.4, 0.5) is 0 Å². The first-order valence-corrected chi connectivity index (χ1v) is 2.63. The maximum absolute atomic E-state index is 10.1. The van der Waals surface area contributed by atoms with Gasteiger partial charge in [-0.1, -0.05) is 0 Å². The van der Waals surface area contributed by atoms with E-state index in [1.54, 1.807) is 18.5 Å². The molecule has 1 radical (unpaired) electrons. The molecular formula is C7H6NO. The van der Waals surface area contributed by atoms with Gasteiger partial charge in [-0.3, -0.25) is 9.78 Å². The van der Waals surface area contributed by atoms with Crippen LogP contribution in [0.2, 0.25) is 0 Å². The average Bonchev–Trinajstić information content (AvgIpc) is 1.89. The molecule has 0 unspecified atom stereocenters. The van der Waals surface area contributed by atoms with Gasteiger partial charge in [-0.05, 0) is 18.6 Å². The molecule has 1 rings (SSSR count). The van der Waals surface area contributed by atoms with Crippen molar-refractivity contribution in [3.8, 4) is 0 Å². The summed E-state index contributed by atoms with van der Waals surface area (Å²) in [4.78, 5) is 13.8. The van der Waals surface area contributed by atoms with Crippen molar-refractivity contribution in [2.75, 3.05) is 0 Å². The van der Waals surface area contributed by atoms with Crippen LogP contribution >= 0.6 is 0 Å². The molecule has 1 aromatic rings. The smallest absolute Gasteiger partial charge is 0.235 e. The topological polar surface area (TPSA) is 30.0 Å². The van der Waals surface area contributed by atoms with E-state index >= 15 is 0 Å². The molecule has 0 amide bonds. The van der Waals surface area contributed by atoms with Gasteiger partial charge in [0.2, 0.25) is 6.29 Å². The van der Waals surface area contributed by atoms with E-state index in [1.807, 2.05) is 6.92 Å². The highest BCUT2D eigenvalue weighted by molar-refractivity contribution is 5.76. The van der Waals surface area contributed by atoms with E-state index in [0.717, 1.165) is 5.56 Å². The lowest BCUT2D eigenvalue weighted by Crippen LogP contribution is -1.85. The SMILES string of the molecule is Cc1ccncc1[C]=O. The Hall–Kier alpha value is -1.18. The van der Waals surface area contributed by atoms with Crippen LogP contribution in [0.3, 0.4) is 0 Å². The number of aromatic nitrogens is 1. The second kappa shape index (κ2) is 2.40. The molecule has 0 N–H and O–H groups in total. The first-order valence-electron chi connectivity index (χ1n) is 2.63. The zero-order valence-corrected chi connectivity index (χ0v) is 5.09. The van der Waals surface area contributed by atoms with Gasteiger partial charge in [0, 0.05) is 18.0 Å². The number of rotatable bonds is 1. The fraction of sp³-hybridized carbons (Fsp3) is 0.143. The van der Waals surface area contributed by atoms with Crippen molar-refractivity contribution in [3.63, 3.8) is 0 Å². The molecular weight excluding hydrogens is 114 g/mol. The number of nitrogens with zero attached hydrogens (tertiary/aromatic N) is 1. The Bertz CT molecular complexity index is 220. The van der Waals surface area contributed by atoms with Crippen molar-refractivity contribution in [2.45, 2.75) is 6.92 Å². The average molecular weight is 120 g/mol. The Morgan fingerprint density at radius 3 is 2.89 bits per heavy atom. The van der Waals surface area contributed by atoms with Crippen LogP contribution in [0.1, 0.15) is 11.1 Å². The minimum Gasteiger partial charge on any atom is -0.285 e. The monoisotopic (exact) mass is 120 g/mol. The molecule has 0 spiro atoms. The summed E-state index contributed by atoms with van der Waals surface area (Å²) in [6.45, 7) is 1.85. The van der Waals surface area contributed by atoms with Crippen LogP contribution in [-0.4, -0.2) is 11.3 Å². The molecule has 45 valence electrons. The maximum Gasteiger partial charge on any atom is 0.235 e. The summed E-state index contributed by atoms with van der Waals surface area (Å²) in [6, 6.07) is 1.78. The summed E-state index contributed by atoms with van der Waals surface area (Å²) in [5, 5.41) is 0. The van der Waals surface area contributed by atoms with E-state index in [1.165, 1.54) is 6.20 Å². The second-order valence-electron chi connectivity index (χ2n) is 1.79. The fourth-order valence-corrected chi connectivity index (χ4v) is 0.571. The largest absolute Gasteiger partial charge is 0.285 e. The highest BCUT2D eigenvalue weighted by Gasteiger charge is 1.92. The maximum atomic E-state index is 10.1. The van der Waals surface area contributed by atoms with Crippen molar-refractivity contribution in [1.29, 1.82) is 0 Å². The fourth-order valence-electron chi connectivity index (χ4n) is 0.571. The molecule has 0 bridgehead atoms. The van der Waals surface area contributed by atoms with Gasteiger partial charge >= 0.3 is 0 Å². The summed E-state index contributed by atoms with van der Waals surface area (Å²) < 4.78 is 0. The third-order valence-corrected chi connectivity index (χ3v) is 1.15. The zero-order valence-electron chi connectivity index (χ0n) is 5.09. The van der Waals surface area contributed by atoms with Crippen molar-refractivity contribution in [2.24, 2.45) is 0 Å². The van der Waals surface area contributed by atoms with Crippen molar-refractivity contribution in [3.05, 3.63) is 29.6 Å². The van der Waals surface area contributed by atoms with Crippen LogP contribution in [0.5, 0.6) is 0 Å². The Kier molecular flexibility index (Phi) is 1.58. The van der Waals surface area contributed by atoms with Gasteiger partial charge in [-0.2, -0.15) is 0 Å². The molecule has 2 nitrogen and oxygen atoms in total. The first-order chi connectivity index (χ1) is 4.34. The van der Waals surface area contributed by atoms with E-state index in [9.17, 15) is 4.79 Å².